The number of benzene rings is 1. The van der Waals surface area contributed by atoms with Crippen LogP contribution in [-0.2, 0) is 26.3 Å². The minimum Gasteiger partial charge on any atom is -0.368 e. The molecule has 1 aromatic heterocycles. The van der Waals surface area contributed by atoms with Crippen LogP contribution in [0.1, 0.15) is 36.9 Å². The van der Waals surface area contributed by atoms with Crippen LogP contribution in [0.3, 0.4) is 0 Å². The predicted octanol–water partition coefficient (Wildman–Crippen LogP) is 2.94. The van der Waals surface area contributed by atoms with Crippen LogP contribution >= 0.6 is 11.8 Å². The molecule has 1 fully saturated rings. The molecule has 1 spiro atoms. The van der Waals surface area contributed by atoms with Gasteiger partial charge in [0, 0.05) is 30.8 Å². The first-order valence-electron chi connectivity index (χ1n) is 9.99. The van der Waals surface area contributed by atoms with E-state index >= 15 is 0 Å². The standard InChI is InChI=1S/C21H26N4O3S/c1-29-17-5-3-2-4-16(17)23-18(26)6-7-19(27)25-11-9-21(10-12-25)20-15(8-13-28-21)14-22-24-20/h2-5,14H,6-13H2,1H3,(H,22,24)(H,23,26). The molecule has 4 rings (SSSR count). The highest BCUT2D eigenvalue weighted by molar-refractivity contribution is 7.98. The summed E-state index contributed by atoms with van der Waals surface area (Å²) in [7, 11) is 0. The summed E-state index contributed by atoms with van der Waals surface area (Å²) in [5.74, 6) is -0.111. The number of carbonyl (C=O) groups is 2. The van der Waals surface area contributed by atoms with E-state index in [9.17, 15) is 9.59 Å². The molecule has 154 valence electrons. The van der Waals surface area contributed by atoms with Gasteiger partial charge in [-0.05, 0) is 43.2 Å². The van der Waals surface area contributed by atoms with E-state index < -0.39 is 0 Å². The van der Waals surface area contributed by atoms with Crippen LogP contribution in [0.15, 0.2) is 35.4 Å². The number of H-pyrrole nitrogens is 1. The Morgan fingerprint density at radius 1 is 1.28 bits per heavy atom. The fraction of sp³-hybridized carbons (Fsp3) is 0.476. The lowest BCUT2D eigenvalue weighted by molar-refractivity contribution is -0.142. The van der Waals surface area contributed by atoms with E-state index in [0.717, 1.165) is 35.5 Å². The lowest BCUT2D eigenvalue weighted by Crippen LogP contribution is -2.48. The smallest absolute Gasteiger partial charge is 0.224 e. The largest absolute Gasteiger partial charge is 0.368 e. The second-order valence-corrected chi connectivity index (χ2v) is 8.34. The number of rotatable bonds is 5. The van der Waals surface area contributed by atoms with Crippen LogP contribution in [0.5, 0.6) is 0 Å². The molecule has 29 heavy (non-hydrogen) atoms. The van der Waals surface area contributed by atoms with E-state index in [1.807, 2.05) is 41.6 Å². The van der Waals surface area contributed by atoms with Crippen molar-refractivity contribution >= 4 is 29.3 Å². The molecule has 0 unspecified atom stereocenters. The van der Waals surface area contributed by atoms with Crippen molar-refractivity contribution in [3.05, 3.63) is 41.7 Å². The predicted molar refractivity (Wildman–Crippen MR) is 112 cm³/mol. The highest BCUT2D eigenvalue weighted by Gasteiger charge is 2.43. The first-order chi connectivity index (χ1) is 14.1. The number of carbonyl (C=O) groups excluding carboxylic acids is 2. The molecular formula is C21H26N4O3S. The molecule has 0 radical (unpaired) electrons. The van der Waals surface area contributed by atoms with Gasteiger partial charge < -0.3 is 15.0 Å². The molecule has 1 aromatic carbocycles. The Balaban J connectivity index is 1.28. The molecule has 2 aliphatic rings. The van der Waals surface area contributed by atoms with Gasteiger partial charge in [-0.1, -0.05) is 12.1 Å². The van der Waals surface area contributed by atoms with E-state index in [1.54, 1.807) is 11.8 Å². The number of nitrogens with one attached hydrogen (secondary N) is 2. The average Bonchev–Trinajstić information content (AvgIpc) is 3.24. The number of fused-ring (bicyclic) bond motifs is 2. The second kappa shape index (κ2) is 8.59. The van der Waals surface area contributed by atoms with Crippen LogP contribution in [0.25, 0.3) is 0 Å². The topological polar surface area (TPSA) is 87.3 Å². The van der Waals surface area contributed by atoms with Gasteiger partial charge >= 0.3 is 0 Å². The molecule has 2 N–H and O–H groups in total. The number of hydrogen-bond acceptors (Lipinski definition) is 5. The summed E-state index contributed by atoms with van der Waals surface area (Å²) >= 11 is 1.58. The highest BCUT2D eigenvalue weighted by Crippen LogP contribution is 2.40. The number of aromatic nitrogens is 2. The number of nitrogens with zero attached hydrogens (tertiary/aromatic N) is 2. The summed E-state index contributed by atoms with van der Waals surface area (Å²) < 4.78 is 6.13. The third-order valence-electron chi connectivity index (χ3n) is 5.79. The van der Waals surface area contributed by atoms with Gasteiger partial charge in [0.1, 0.15) is 5.60 Å². The normalized spacial score (nSPS) is 17.8. The zero-order valence-corrected chi connectivity index (χ0v) is 17.4. The maximum absolute atomic E-state index is 12.6. The van der Waals surface area contributed by atoms with E-state index in [-0.39, 0.29) is 30.3 Å². The third kappa shape index (κ3) is 4.18. The zero-order chi connectivity index (χ0) is 20.3. The molecule has 7 nitrogen and oxygen atoms in total. The quantitative estimate of drug-likeness (QED) is 0.735. The molecule has 0 bridgehead atoms. The van der Waals surface area contributed by atoms with Gasteiger partial charge in [-0.15, -0.1) is 11.8 Å². The molecule has 8 heteroatoms. The Kier molecular flexibility index (Phi) is 5.91. The third-order valence-corrected chi connectivity index (χ3v) is 6.59. The van der Waals surface area contributed by atoms with Crippen LogP contribution in [-0.4, -0.2) is 52.9 Å². The highest BCUT2D eigenvalue weighted by atomic mass is 32.2. The minimum absolute atomic E-state index is 0.0220. The fourth-order valence-electron chi connectivity index (χ4n) is 4.17. The maximum Gasteiger partial charge on any atom is 0.224 e. The average molecular weight is 415 g/mol. The van der Waals surface area contributed by atoms with Crippen molar-refractivity contribution in [2.24, 2.45) is 0 Å². The van der Waals surface area contributed by atoms with Crippen LogP contribution in [0.4, 0.5) is 5.69 Å². The molecule has 1 saturated heterocycles. The van der Waals surface area contributed by atoms with E-state index in [1.165, 1.54) is 5.56 Å². The lowest BCUT2D eigenvalue weighted by Gasteiger charge is -2.43. The van der Waals surface area contributed by atoms with Gasteiger partial charge in [0.2, 0.25) is 11.8 Å². The van der Waals surface area contributed by atoms with Crippen molar-refractivity contribution in [1.82, 2.24) is 15.1 Å². The molecule has 0 saturated carbocycles. The molecular weight excluding hydrogens is 388 g/mol. The van der Waals surface area contributed by atoms with Crippen LogP contribution in [0.2, 0.25) is 0 Å². The first-order valence-corrected chi connectivity index (χ1v) is 11.2. The van der Waals surface area contributed by atoms with Crippen molar-refractivity contribution in [2.45, 2.75) is 42.6 Å². The Morgan fingerprint density at radius 2 is 2.07 bits per heavy atom. The summed E-state index contributed by atoms with van der Waals surface area (Å²) in [5.41, 5.74) is 2.74. The number of amides is 2. The minimum atomic E-state index is -0.347. The van der Waals surface area contributed by atoms with Crippen LogP contribution < -0.4 is 5.32 Å². The summed E-state index contributed by atoms with van der Waals surface area (Å²) in [6.45, 7) is 1.96. The Hall–Kier alpha value is -2.32. The number of hydrogen-bond donors (Lipinski definition) is 2. The van der Waals surface area contributed by atoms with E-state index in [0.29, 0.717) is 19.7 Å². The van der Waals surface area contributed by atoms with Crippen LogP contribution in [0, 0.1) is 0 Å². The van der Waals surface area contributed by atoms with Gasteiger partial charge in [0.25, 0.3) is 0 Å². The SMILES string of the molecule is CSc1ccccc1NC(=O)CCC(=O)N1CCC2(CC1)OCCc1cn[nH]c12. The van der Waals surface area contributed by atoms with Crippen molar-refractivity contribution in [3.63, 3.8) is 0 Å². The molecule has 2 aliphatic heterocycles. The summed E-state index contributed by atoms with van der Waals surface area (Å²) in [5, 5.41) is 10.2. The Labute approximate surface area is 174 Å². The molecule has 0 aliphatic carbocycles. The van der Waals surface area contributed by atoms with Gasteiger partial charge in [-0.2, -0.15) is 5.10 Å². The summed E-state index contributed by atoms with van der Waals surface area (Å²) in [6.07, 6.45) is 6.64. The first kappa shape index (κ1) is 20.0. The molecule has 2 amide bonds. The number of para-hydroxylation sites is 1. The van der Waals surface area contributed by atoms with Crippen molar-refractivity contribution in [2.75, 3.05) is 31.3 Å². The number of piperidine rings is 1. The van der Waals surface area contributed by atoms with Gasteiger partial charge in [0.05, 0.1) is 24.2 Å². The van der Waals surface area contributed by atoms with Gasteiger partial charge in [-0.25, -0.2) is 0 Å². The maximum atomic E-state index is 12.6. The summed E-state index contributed by atoms with van der Waals surface area (Å²) in [6, 6.07) is 7.68. The molecule has 2 aromatic rings. The number of ether oxygens (including phenoxy) is 1. The number of likely N-dealkylation sites (tertiary alicyclic amines) is 1. The second-order valence-electron chi connectivity index (χ2n) is 7.49. The number of anilines is 1. The monoisotopic (exact) mass is 414 g/mol. The Bertz CT molecular complexity index is 890. The van der Waals surface area contributed by atoms with Crippen molar-refractivity contribution < 1.29 is 14.3 Å². The lowest BCUT2D eigenvalue weighted by atomic mass is 9.83. The number of thioether (sulfide) groups is 1. The number of aromatic amines is 1. The Morgan fingerprint density at radius 3 is 2.86 bits per heavy atom. The van der Waals surface area contributed by atoms with Gasteiger partial charge in [-0.3, -0.25) is 14.7 Å². The van der Waals surface area contributed by atoms with Crippen molar-refractivity contribution in [1.29, 1.82) is 0 Å². The fourth-order valence-corrected chi connectivity index (χ4v) is 4.73. The summed E-state index contributed by atoms with van der Waals surface area (Å²) in [4.78, 5) is 27.8. The van der Waals surface area contributed by atoms with Crippen molar-refractivity contribution in [3.8, 4) is 0 Å². The molecule has 0 atom stereocenters. The van der Waals surface area contributed by atoms with E-state index in [4.69, 9.17) is 4.74 Å². The zero-order valence-electron chi connectivity index (χ0n) is 16.6. The van der Waals surface area contributed by atoms with Gasteiger partial charge in [0.15, 0.2) is 0 Å². The van der Waals surface area contributed by atoms with E-state index in [2.05, 4.69) is 15.5 Å². The molecule has 3 heterocycles.